The highest BCUT2D eigenvalue weighted by Crippen LogP contribution is 2.19. The normalized spacial score (nSPS) is 15.4. The fourth-order valence-corrected chi connectivity index (χ4v) is 2.52. The zero-order chi connectivity index (χ0) is 14.0. The van der Waals surface area contributed by atoms with E-state index in [4.69, 9.17) is 0 Å². The summed E-state index contributed by atoms with van der Waals surface area (Å²) in [6.07, 6.45) is 0.407. The lowest BCUT2D eigenvalue weighted by Gasteiger charge is -2.21. The molecule has 0 saturated carbocycles. The molecule has 0 fully saturated rings. The summed E-state index contributed by atoms with van der Waals surface area (Å²) in [7, 11) is -3.81. The van der Waals surface area contributed by atoms with E-state index < -0.39 is 21.4 Å². The fraction of sp³-hybridized carbons (Fsp3) is 0.455. The number of halogens is 2. The first-order chi connectivity index (χ1) is 8.18. The summed E-state index contributed by atoms with van der Waals surface area (Å²) in [5.41, 5.74) is -1.12. The van der Waals surface area contributed by atoms with Crippen molar-refractivity contribution in [3.05, 3.63) is 28.5 Å². The van der Waals surface area contributed by atoms with Crippen molar-refractivity contribution in [2.24, 2.45) is 0 Å². The average Bonchev–Trinajstić information content (AvgIpc) is 2.30. The largest absolute Gasteiger partial charge is 0.389 e. The topological polar surface area (TPSA) is 66.4 Å². The van der Waals surface area contributed by atoms with Gasteiger partial charge >= 0.3 is 0 Å². The molecule has 1 aromatic carbocycles. The first-order valence-corrected chi connectivity index (χ1v) is 7.63. The maximum Gasteiger partial charge on any atom is 0.240 e. The Morgan fingerprint density at radius 3 is 2.61 bits per heavy atom. The van der Waals surface area contributed by atoms with Crippen molar-refractivity contribution in [3.8, 4) is 0 Å². The maximum atomic E-state index is 13.3. The minimum Gasteiger partial charge on any atom is -0.389 e. The lowest BCUT2D eigenvalue weighted by molar-refractivity contribution is 0.0613. The van der Waals surface area contributed by atoms with Crippen molar-refractivity contribution in [2.45, 2.75) is 30.8 Å². The van der Waals surface area contributed by atoms with E-state index in [9.17, 15) is 17.9 Å². The van der Waals surface area contributed by atoms with Crippen LogP contribution >= 0.6 is 15.9 Å². The van der Waals surface area contributed by atoms with Gasteiger partial charge in [0.05, 0.1) is 15.0 Å². The maximum absolute atomic E-state index is 13.3. The van der Waals surface area contributed by atoms with Gasteiger partial charge in [-0.2, -0.15) is 0 Å². The van der Waals surface area contributed by atoms with E-state index in [1.807, 2.05) is 0 Å². The molecule has 18 heavy (non-hydrogen) atoms. The predicted molar refractivity (Wildman–Crippen MR) is 70.2 cm³/mol. The second-order valence-electron chi connectivity index (χ2n) is 4.25. The third-order valence-corrected chi connectivity index (χ3v) is 4.65. The van der Waals surface area contributed by atoms with Crippen molar-refractivity contribution < 1.29 is 17.9 Å². The number of hydrogen-bond acceptors (Lipinski definition) is 3. The van der Waals surface area contributed by atoms with Crippen LogP contribution in [0.4, 0.5) is 4.39 Å². The van der Waals surface area contributed by atoms with Crippen molar-refractivity contribution in [2.75, 3.05) is 6.54 Å². The van der Waals surface area contributed by atoms with Crippen LogP contribution in [0.1, 0.15) is 20.3 Å². The van der Waals surface area contributed by atoms with Crippen molar-refractivity contribution >= 4 is 26.0 Å². The Morgan fingerprint density at radius 1 is 1.50 bits per heavy atom. The zero-order valence-corrected chi connectivity index (χ0v) is 12.5. The van der Waals surface area contributed by atoms with Crippen molar-refractivity contribution in [1.29, 1.82) is 0 Å². The summed E-state index contributed by atoms with van der Waals surface area (Å²) in [4.78, 5) is -0.171. The lowest BCUT2D eigenvalue weighted by atomic mass is 10.1. The van der Waals surface area contributed by atoms with Gasteiger partial charge < -0.3 is 5.11 Å². The number of benzene rings is 1. The van der Waals surface area contributed by atoms with Crippen LogP contribution < -0.4 is 4.72 Å². The molecule has 0 saturated heterocycles. The Hall–Kier alpha value is -0.500. The number of rotatable bonds is 5. The molecule has 0 spiro atoms. The molecule has 2 N–H and O–H groups in total. The average molecular weight is 340 g/mol. The van der Waals surface area contributed by atoms with Crippen LogP contribution in [-0.4, -0.2) is 25.7 Å². The number of aliphatic hydroxyl groups is 1. The van der Waals surface area contributed by atoms with E-state index in [1.54, 1.807) is 6.92 Å². The summed E-state index contributed by atoms with van der Waals surface area (Å²) in [5, 5.41) is 9.72. The quantitative estimate of drug-likeness (QED) is 0.862. The highest BCUT2D eigenvalue weighted by Gasteiger charge is 2.22. The Kier molecular flexibility index (Phi) is 4.88. The number of hydrogen-bond donors (Lipinski definition) is 2. The Labute approximate surface area is 114 Å². The number of sulfonamides is 1. The highest BCUT2D eigenvalue weighted by atomic mass is 79.9. The smallest absolute Gasteiger partial charge is 0.240 e. The molecule has 102 valence electrons. The molecule has 0 aliphatic heterocycles. The Balaban J connectivity index is 2.90. The second-order valence-corrected chi connectivity index (χ2v) is 6.87. The monoisotopic (exact) mass is 339 g/mol. The molecule has 0 aliphatic carbocycles. The summed E-state index contributed by atoms with van der Waals surface area (Å²) in [6, 6.07) is 3.53. The summed E-state index contributed by atoms with van der Waals surface area (Å²) in [6.45, 7) is 3.15. The Bertz CT molecular complexity index is 531. The van der Waals surface area contributed by atoms with Gasteiger partial charge in [-0.1, -0.05) is 6.92 Å². The molecule has 1 unspecified atom stereocenters. The highest BCUT2D eigenvalue weighted by molar-refractivity contribution is 9.10. The first-order valence-electron chi connectivity index (χ1n) is 5.35. The second kappa shape index (κ2) is 5.64. The summed E-state index contributed by atoms with van der Waals surface area (Å²) < 4.78 is 39.4. The minimum atomic E-state index is -3.81. The first kappa shape index (κ1) is 15.6. The predicted octanol–water partition coefficient (Wildman–Crippen LogP) is 2.03. The molecule has 1 aromatic rings. The molecular formula is C11H15BrFNO3S. The van der Waals surface area contributed by atoms with Crippen LogP contribution in [0.3, 0.4) is 0 Å². The van der Waals surface area contributed by atoms with Gasteiger partial charge in [0.15, 0.2) is 0 Å². The molecule has 0 amide bonds. The molecule has 0 bridgehead atoms. The molecule has 0 heterocycles. The van der Waals surface area contributed by atoms with Crippen LogP contribution in [0.25, 0.3) is 0 Å². The van der Waals surface area contributed by atoms with E-state index in [1.165, 1.54) is 19.1 Å². The third-order valence-electron chi connectivity index (χ3n) is 2.61. The SMILES string of the molecule is CCC(C)(O)CNS(=O)(=O)c1ccc(Br)c(F)c1. The van der Waals surface area contributed by atoms with Crippen molar-refractivity contribution in [3.63, 3.8) is 0 Å². The van der Waals surface area contributed by atoms with Crippen LogP contribution in [0.5, 0.6) is 0 Å². The molecular weight excluding hydrogens is 325 g/mol. The van der Waals surface area contributed by atoms with E-state index in [2.05, 4.69) is 20.7 Å². The van der Waals surface area contributed by atoms with E-state index >= 15 is 0 Å². The van der Waals surface area contributed by atoms with Gasteiger partial charge in [0.25, 0.3) is 0 Å². The molecule has 4 nitrogen and oxygen atoms in total. The van der Waals surface area contributed by atoms with Gasteiger partial charge in [0.1, 0.15) is 5.82 Å². The van der Waals surface area contributed by atoms with Crippen LogP contribution in [0.2, 0.25) is 0 Å². The Morgan fingerprint density at radius 2 is 2.11 bits per heavy atom. The van der Waals surface area contributed by atoms with E-state index in [0.717, 1.165) is 6.07 Å². The molecule has 1 rings (SSSR count). The van der Waals surface area contributed by atoms with Crippen molar-refractivity contribution in [1.82, 2.24) is 4.72 Å². The van der Waals surface area contributed by atoms with Crippen LogP contribution in [-0.2, 0) is 10.0 Å². The van der Waals surface area contributed by atoms with Gasteiger partial charge in [-0.05, 0) is 47.5 Å². The van der Waals surface area contributed by atoms with Crippen LogP contribution in [0.15, 0.2) is 27.6 Å². The molecule has 1 atom stereocenters. The molecule has 0 radical (unpaired) electrons. The number of nitrogens with one attached hydrogen (secondary N) is 1. The minimum absolute atomic E-state index is 0.122. The van der Waals surface area contributed by atoms with Gasteiger partial charge in [-0.15, -0.1) is 0 Å². The van der Waals surface area contributed by atoms with Gasteiger partial charge in [0.2, 0.25) is 10.0 Å². The zero-order valence-electron chi connectivity index (χ0n) is 10.1. The van der Waals surface area contributed by atoms with Gasteiger partial charge in [-0.25, -0.2) is 17.5 Å². The van der Waals surface area contributed by atoms with E-state index in [-0.39, 0.29) is 15.9 Å². The lowest BCUT2D eigenvalue weighted by Crippen LogP contribution is -2.40. The molecule has 7 heteroatoms. The fourth-order valence-electron chi connectivity index (χ4n) is 1.10. The summed E-state index contributed by atoms with van der Waals surface area (Å²) >= 11 is 2.95. The third kappa shape index (κ3) is 4.01. The van der Waals surface area contributed by atoms with Gasteiger partial charge in [0, 0.05) is 6.54 Å². The van der Waals surface area contributed by atoms with E-state index in [0.29, 0.717) is 6.42 Å². The standard InChI is InChI=1S/C11H15BrFNO3S/c1-3-11(2,15)7-14-18(16,17)8-4-5-9(12)10(13)6-8/h4-6,14-15H,3,7H2,1-2H3. The molecule has 0 aromatic heterocycles. The summed E-state index contributed by atoms with van der Waals surface area (Å²) in [5.74, 6) is -0.653. The van der Waals surface area contributed by atoms with Gasteiger partial charge in [-0.3, -0.25) is 0 Å². The van der Waals surface area contributed by atoms with Crippen LogP contribution in [0, 0.1) is 5.82 Å². The molecule has 0 aliphatic rings.